The second-order valence-corrected chi connectivity index (χ2v) is 2.34. The molecule has 0 radical (unpaired) electrons. The Morgan fingerprint density at radius 1 is 1.33 bits per heavy atom. The van der Waals surface area contributed by atoms with E-state index in [2.05, 4.69) is 38.0 Å². The zero-order valence-electron chi connectivity index (χ0n) is 6.02. The van der Waals surface area contributed by atoms with Crippen LogP contribution in [-0.4, -0.2) is 7.28 Å². The highest BCUT2D eigenvalue weighted by molar-refractivity contribution is 6.51. The van der Waals surface area contributed by atoms with Crippen LogP contribution in [0.15, 0.2) is 24.3 Å². The first-order chi connectivity index (χ1) is 4.33. The maximum atomic E-state index is 2.22. The second-order valence-electron chi connectivity index (χ2n) is 2.34. The van der Waals surface area contributed by atoms with E-state index in [0.29, 0.717) is 0 Å². The highest BCUT2D eigenvalue weighted by Crippen LogP contribution is 1.91. The molecule has 0 nitrogen and oxygen atoms in total. The number of aryl methyl sites for hydroxylation is 1. The van der Waals surface area contributed by atoms with Crippen molar-refractivity contribution in [1.82, 2.24) is 0 Å². The molecule has 0 aliphatic heterocycles. The van der Waals surface area contributed by atoms with Crippen molar-refractivity contribution in [2.24, 2.45) is 0 Å². The van der Waals surface area contributed by atoms with Crippen molar-refractivity contribution in [1.29, 1.82) is 0 Å². The summed E-state index contributed by atoms with van der Waals surface area (Å²) < 4.78 is 0. The maximum absolute atomic E-state index is 2.22. The van der Waals surface area contributed by atoms with Gasteiger partial charge in [-0.25, -0.2) is 0 Å². The van der Waals surface area contributed by atoms with Crippen molar-refractivity contribution in [3.05, 3.63) is 29.8 Å². The van der Waals surface area contributed by atoms with Gasteiger partial charge < -0.3 is 0 Å². The normalized spacial score (nSPS) is 9.11. The molecule has 0 unspecified atom stereocenters. The number of benzene rings is 1. The minimum absolute atomic E-state index is 1.14. The molecule has 0 saturated carbocycles. The van der Waals surface area contributed by atoms with E-state index >= 15 is 0 Å². The van der Waals surface area contributed by atoms with Crippen LogP contribution in [0.3, 0.4) is 0 Å². The molecule has 0 heterocycles. The number of rotatable bonds is 1. The van der Waals surface area contributed by atoms with Crippen LogP contribution in [0.1, 0.15) is 5.56 Å². The summed E-state index contributed by atoms with van der Waals surface area (Å²) in [7, 11) is 1.14. The molecular formula is C8H11B. The van der Waals surface area contributed by atoms with Crippen LogP contribution in [0, 0.1) is 6.92 Å². The molecule has 1 heteroatoms. The van der Waals surface area contributed by atoms with Gasteiger partial charge in [-0.2, -0.15) is 0 Å². The largest absolute Gasteiger partial charge is 0.154 e. The zero-order valence-corrected chi connectivity index (χ0v) is 6.02. The Bertz CT molecular complexity index is 194. The van der Waals surface area contributed by atoms with Crippen molar-refractivity contribution >= 4 is 12.7 Å². The summed E-state index contributed by atoms with van der Waals surface area (Å²) in [6.07, 6.45) is 0. The SMILES string of the molecule is CBc1cccc(C)c1. The Balaban J connectivity index is 2.94. The van der Waals surface area contributed by atoms with E-state index in [1.54, 1.807) is 0 Å². The second kappa shape index (κ2) is 2.72. The molecule has 46 valence electrons. The van der Waals surface area contributed by atoms with Crippen molar-refractivity contribution < 1.29 is 0 Å². The third-order valence-electron chi connectivity index (χ3n) is 1.49. The average molecular weight is 118 g/mol. The van der Waals surface area contributed by atoms with Crippen LogP contribution < -0.4 is 5.46 Å². The zero-order chi connectivity index (χ0) is 6.69. The van der Waals surface area contributed by atoms with Gasteiger partial charge in [0.2, 0.25) is 0 Å². The molecule has 0 N–H and O–H groups in total. The monoisotopic (exact) mass is 118 g/mol. The van der Waals surface area contributed by atoms with E-state index in [0.717, 1.165) is 7.28 Å². The quantitative estimate of drug-likeness (QED) is 0.484. The van der Waals surface area contributed by atoms with Crippen LogP contribution in [0.2, 0.25) is 6.82 Å². The van der Waals surface area contributed by atoms with E-state index in [-0.39, 0.29) is 0 Å². The van der Waals surface area contributed by atoms with Crippen molar-refractivity contribution in [2.45, 2.75) is 13.7 Å². The van der Waals surface area contributed by atoms with Gasteiger partial charge in [0.1, 0.15) is 0 Å². The summed E-state index contributed by atoms with van der Waals surface area (Å²) in [5, 5.41) is 0. The fourth-order valence-corrected chi connectivity index (χ4v) is 0.932. The molecule has 1 aromatic carbocycles. The topological polar surface area (TPSA) is 0 Å². The van der Waals surface area contributed by atoms with Gasteiger partial charge in [0.25, 0.3) is 0 Å². The third kappa shape index (κ3) is 1.60. The number of hydrogen-bond acceptors (Lipinski definition) is 0. The minimum Gasteiger partial charge on any atom is -0.0849 e. The van der Waals surface area contributed by atoms with E-state index in [4.69, 9.17) is 0 Å². The molecule has 9 heavy (non-hydrogen) atoms. The van der Waals surface area contributed by atoms with E-state index in [1.807, 2.05) is 0 Å². The van der Waals surface area contributed by atoms with Gasteiger partial charge in [-0.15, -0.1) is 0 Å². The Kier molecular flexibility index (Phi) is 1.94. The maximum Gasteiger partial charge on any atom is 0.154 e. The van der Waals surface area contributed by atoms with Gasteiger partial charge >= 0.3 is 0 Å². The summed E-state index contributed by atoms with van der Waals surface area (Å²) >= 11 is 0. The van der Waals surface area contributed by atoms with E-state index < -0.39 is 0 Å². The van der Waals surface area contributed by atoms with Gasteiger partial charge in [-0.3, -0.25) is 0 Å². The molecule has 1 aromatic rings. The van der Waals surface area contributed by atoms with Crippen LogP contribution >= 0.6 is 0 Å². The first kappa shape index (κ1) is 6.41. The molecule has 0 fully saturated rings. The lowest BCUT2D eigenvalue weighted by Gasteiger charge is -1.94. The average Bonchev–Trinajstić information content (AvgIpc) is 1.88. The van der Waals surface area contributed by atoms with E-state index in [9.17, 15) is 0 Å². The molecule has 0 aliphatic rings. The Labute approximate surface area is 57.1 Å². The molecule has 0 amide bonds. The van der Waals surface area contributed by atoms with E-state index in [1.165, 1.54) is 11.0 Å². The predicted octanol–water partition coefficient (Wildman–Crippen LogP) is 1.10. The van der Waals surface area contributed by atoms with Gasteiger partial charge in [-0.05, 0) is 6.92 Å². The Hall–Kier alpha value is -0.715. The first-order valence-corrected chi connectivity index (χ1v) is 3.38. The third-order valence-corrected chi connectivity index (χ3v) is 1.49. The lowest BCUT2D eigenvalue weighted by atomic mass is 9.73. The first-order valence-electron chi connectivity index (χ1n) is 3.38. The Morgan fingerprint density at radius 3 is 2.56 bits per heavy atom. The van der Waals surface area contributed by atoms with Gasteiger partial charge in [-0.1, -0.05) is 42.1 Å². The van der Waals surface area contributed by atoms with Gasteiger partial charge in [0, 0.05) is 0 Å². The highest BCUT2D eigenvalue weighted by atomic mass is 13.8. The fraction of sp³-hybridized carbons (Fsp3) is 0.250. The molecule has 0 atom stereocenters. The summed E-state index contributed by atoms with van der Waals surface area (Å²) in [6.45, 7) is 4.30. The number of hydrogen-bond donors (Lipinski definition) is 0. The van der Waals surface area contributed by atoms with Crippen LogP contribution in [0.25, 0.3) is 0 Å². The van der Waals surface area contributed by atoms with Gasteiger partial charge in [0.15, 0.2) is 7.28 Å². The lowest BCUT2D eigenvalue weighted by Crippen LogP contribution is -2.09. The minimum atomic E-state index is 1.14. The summed E-state index contributed by atoms with van der Waals surface area (Å²) in [4.78, 5) is 0. The molecule has 0 bridgehead atoms. The van der Waals surface area contributed by atoms with Gasteiger partial charge in [0.05, 0.1) is 0 Å². The summed E-state index contributed by atoms with van der Waals surface area (Å²) in [5.41, 5.74) is 2.78. The molecule has 0 aromatic heterocycles. The molecule has 0 saturated heterocycles. The summed E-state index contributed by atoms with van der Waals surface area (Å²) in [5.74, 6) is 0. The van der Waals surface area contributed by atoms with Crippen LogP contribution in [-0.2, 0) is 0 Å². The molecule has 1 rings (SSSR count). The smallest absolute Gasteiger partial charge is 0.0849 e. The highest BCUT2D eigenvalue weighted by Gasteiger charge is 1.87. The van der Waals surface area contributed by atoms with Crippen molar-refractivity contribution in [3.8, 4) is 0 Å². The predicted molar refractivity (Wildman–Crippen MR) is 43.8 cm³/mol. The molecule has 0 aliphatic carbocycles. The lowest BCUT2D eigenvalue weighted by molar-refractivity contribution is 1.49. The van der Waals surface area contributed by atoms with Crippen molar-refractivity contribution in [3.63, 3.8) is 0 Å². The van der Waals surface area contributed by atoms with Crippen molar-refractivity contribution in [2.75, 3.05) is 0 Å². The Morgan fingerprint density at radius 2 is 2.11 bits per heavy atom. The summed E-state index contributed by atoms with van der Waals surface area (Å²) in [6, 6.07) is 8.61. The fourth-order valence-electron chi connectivity index (χ4n) is 0.932. The molecule has 0 spiro atoms. The van der Waals surface area contributed by atoms with Crippen LogP contribution in [0.5, 0.6) is 0 Å². The molecular weight excluding hydrogens is 107 g/mol. The van der Waals surface area contributed by atoms with Crippen LogP contribution in [0.4, 0.5) is 0 Å². The standard InChI is InChI=1S/C8H11B/c1-7-4-3-5-8(6-7)9-2/h3-6,9H,1-2H3.